The second-order valence-corrected chi connectivity index (χ2v) is 6.16. The van der Waals surface area contributed by atoms with Crippen LogP contribution in [0.1, 0.15) is 11.1 Å². The summed E-state index contributed by atoms with van der Waals surface area (Å²) in [4.78, 5) is 17.6. The fourth-order valence-corrected chi connectivity index (χ4v) is 3.15. The van der Waals surface area contributed by atoms with Crippen LogP contribution in [0.15, 0.2) is 71.7 Å². The number of nitrogens with zero attached hydrogens (tertiary/aromatic N) is 4. The van der Waals surface area contributed by atoms with Crippen LogP contribution in [0.2, 0.25) is 0 Å². The first-order valence-electron chi connectivity index (χ1n) is 8.55. The summed E-state index contributed by atoms with van der Waals surface area (Å²) >= 11 is 0. The largest absolute Gasteiger partial charge is 0.388 e. The first kappa shape index (κ1) is 16.6. The molecule has 1 N–H and O–H groups in total. The molecule has 0 saturated carbocycles. The van der Waals surface area contributed by atoms with Crippen molar-refractivity contribution >= 4 is 16.9 Å². The molecule has 0 atom stereocenters. The third kappa shape index (κ3) is 2.96. The van der Waals surface area contributed by atoms with E-state index < -0.39 is 0 Å². The number of rotatable bonds is 4. The van der Waals surface area contributed by atoms with Gasteiger partial charge >= 0.3 is 5.69 Å². The van der Waals surface area contributed by atoms with Crippen LogP contribution < -0.4 is 11.0 Å². The Morgan fingerprint density at radius 1 is 1.11 bits per heavy atom. The first-order valence-corrected chi connectivity index (χ1v) is 8.55. The average Bonchev–Trinajstić information content (AvgIpc) is 3.00. The van der Waals surface area contributed by atoms with Crippen LogP contribution in [-0.2, 0) is 6.54 Å². The van der Waals surface area contributed by atoms with Crippen molar-refractivity contribution in [2.24, 2.45) is 0 Å². The van der Waals surface area contributed by atoms with Gasteiger partial charge in [0.25, 0.3) is 0 Å². The van der Waals surface area contributed by atoms with E-state index in [1.807, 2.05) is 49.5 Å². The number of nitriles is 1. The smallest absolute Gasteiger partial charge is 0.335 e. The van der Waals surface area contributed by atoms with Crippen molar-refractivity contribution in [3.63, 3.8) is 0 Å². The van der Waals surface area contributed by atoms with E-state index in [9.17, 15) is 10.1 Å². The molecular weight excluding hydrogens is 338 g/mol. The molecule has 0 saturated heterocycles. The van der Waals surface area contributed by atoms with Gasteiger partial charge in [0.1, 0.15) is 0 Å². The second kappa shape index (κ2) is 6.81. The molecule has 0 amide bonds. The fraction of sp³-hybridized carbons (Fsp3) is 0.0952. The van der Waals surface area contributed by atoms with Crippen LogP contribution in [-0.4, -0.2) is 21.2 Å². The van der Waals surface area contributed by atoms with Crippen molar-refractivity contribution in [2.45, 2.75) is 6.54 Å². The number of imidazole rings is 1. The van der Waals surface area contributed by atoms with Gasteiger partial charge in [0.05, 0.1) is 29.4 Å². The predicted octanol–water partition coefficient (Wildman–Crippen LogP) is 3.15. The maximum atomic E-state index is 13.2. The monoisotopic (exact) mass is 355 g/mol. The maximum absolute atomic E-state index is 13.2. The number of aromatic nitrogens is 3. The maximum Gasteiger partial charge on any atom is 0.335 e. The molecule has 2 heterocycles. The van der Waals surface area contributed by atoms with Crippen LogP contribution in [0.4, 0.5) is 5.69 Å². The van der Waals surface area contributed by atoms with Crippen molar-refractivity contribution in [1.82, 2.24) is 14.1 Å². The van der Waals surface area contributed by atoms with Crippen LogP contribution in [0.5, 0.6) is 0 Å². The molecule has 2 aromatic carbocycles. The number of benzene rings is 2. The minimum Gasteiger partial charge on any atom is -0.388 e. The lowest BCUT2D eigenvalue weighted by atomic mass is 10.2. The Balaban J connectivity index is 1.88. The summed E-state index contributed by atoms with van der Waals surface area (Å²) in [5, 5.41) is 12.3. The zero-order chi connectivity index (χ0) is 18.8. The molecule has 4 aromatic rings. The molecular formula is C21H17N5O. The minimum absolute atomic E-state index is 0.184. The van der Waals surface area contributed by atoms with Gasteiger partial charge in [0, 0.05) is 18.9 Å². The van der Waals surface area contributed by atoms with Crippen molar-refractivity contribution in [3.05, 3.63) is 88.5 Å². The normalized spacial score (nSPS) is 10.7. The van der Waals surface area contributed by atoms with E-state index >= 15 is 0 Å². The second-order valence-electron chi connectivity index (χ2n) is 6.16. The molecule has 0 radical (unpaired) electrons. The standard InChI is InChI=1S/C21H17N5O/c1-23-17-9-7-15(8-10-17)14-25-19-6-3-11-24-20(19)26(21(25)27)18-5-2-4-16(12-18)13-22/h2-12,23H,14H2,1H3. The number of pyridine rings is 1. The average molecular weight is 355 g/mol. The Kier molecular flexibility index (Phi) is 4.19. The number of anilines is 1. The summed E-state index contributed by atoms with van der Waals surface area (Å²) in [6.45, 7) is 0.440. The summed E-state index contributed by atoms with van der Waals surface area (Å²) < 4.78 is 3.26. The zero-order valence-electron chi connectivity index (χ0n) is 14.8. The van der Waals surface area contributed by atoms with Gasteiger partial charge in [0.15, 0.2) is 5.65 Å². The van der Waals surface area contributed by atoms with Crippen molar-refractivity contribution in [3.8, 4) is 11.8 Å². The minimum atomic E-state index is -0.184. The predicted molar refractivity (Wildman–Crippen MR) is 105 cm³/mol. The number of nitrogens with one attached hydrogen (secondary N) is 1. The SMILES string of the molecule is CNc1ccc(Cn2c(=O)n(-c3cccc(C#N)c3)c3ncccc32)cc1. The molecule has 0 aliphatic carbocycles. The molecule has 0 aliphatic rings. The molecule has 0 unspecified atom stereocenters. The van der Waals surface area contributed by atoms with Crippen LogP contribution in [0, 0.1) is 11.3 Å². The zero-order valence-corrected chi connectivity index (χ0v) is 14.8. The van der Waals surface area contributed by atoms with E-state index in [-0.39, 0.29) is 5.69 Å². The van der Waals surface area contributed by atoms with Gasteiger partial charge in [0.2, 0.25) is 0 Å². The van der Waals surface area contributed by atoms with E-state index in [1.165, 1.54) is 0 Å². The molecule has 6 nitrogen and oxygen atoms in total. The summed E-state index contributed by atoms with van der Waals surface area (Å²) in [7, 11) is 1.87. The highest BCUT2D eigenvalue weighted by atomic mass is 16.1. The Hall–Kier alpha value is -3.85. The molecule has 6 heteroatoms. The Labute approximate surface area is 155 Å². The van der Waals surface area contributed by atoms with E-state index in [1.54, 1.807) is 33.5 Å². The lowest BCUT2D eigenvalue weighted by molar-refractivity contribution is 0.763. The summed E-state index contributed by atoms with van der Waals surface area (Å²) in [6.07, 6.45) is 1.67. The molecule has 0 spiro atoms. The molecule has 4 rings (SSSR count). The van der Waals surface area contributed by atoms with Crippen LogP contribution in [0.3, 0.4) is 0 Å². The molecule has 0 fully saturated rings. The topological polar surface area (TPSA) is 75.6 Å². The summed E-state index contributed by atoms with van der Waals surface area (Å²) in [5.74, 6) is 0. The molecule has 132 valence electrons. The van der Waals surface area contributed by atoms with Crippen molar-refractivity contribution in [2.75, 3.05) is 12.4 Å². The Morgan fingerprint density at radius 3 is 2.67 bits per heavy atom. The van der Waals surface area contributed by atoms with E-state index in [0.29, 0.717) is 23.4 Å². The highest BCUT2D eigenvalue weighted by Crippen LogP contribution is 2.18. The van der Waals surface area contributed by atoms with Gasteiger partial charge in [-0.2, -0.15) is 5.26 Å². The number of hydrogen-bond acceptors (Lipinski definition) is 4. The van der Waals surface area contributed by atoms with Crippen LogP contribution in [0.25, 0.3) is 16.9 Å². The molecule has 27 heavy (non-hydrogen) atoms. The lowest BCUT2D eigenvalue weighted by Gasteiger charge is -2.05. The van der Waals surface area contributed by atoms with E-state index in [2.05, 4.69) is 16.4 Å². The van der Waals surface area contributed by atoms with Gasteiger partial charge < -0.3 is 5.32 Å². The number of fused-ring (bicyclic) bond motifs is 1. The van der Waals surface area contributed by atoms with Gasteiger partial charge in [-0.3, -0.25) is 4.57 Å². The highest BCUT2D eigenvalue weighted by molar-refractivity contribution is 5.74. The van der Waals surface area contributed by atoms with Gasteiger partial charge in [-0.25, -0.2) is 14.3 Å². The third-order valence-electron chi connectivity index (χ3n) is 4.51. The van der Waals surface area contributed by atoms with E-state index in [0.717, 1.165) is 16.8 Å². The molecule has 0 aliphatic heterocycles. The van der Waals surface area contributed by atoms with Gasteiger partial charge in [-0.1, -0.05) is 18.2 Å². The lowest BCUT2D eigenvalue weighted by Crippen LogP contribution is -2.23. The summed E-state index contributed by atoms with van der Waals surface area (Å²) in [5.41, 5.74) is 4.31. The Bertz CT molecular complexity index is 1210. The van der Waals surface area contributed by atoms with Crippen LogP contribution >= 0.6 is 0 Å². The van der Waals surface area contributed by atoms with E-state index in [4.69, 9.17) is 0 Å². The van der Waals surface area contributed by atoms with Crippen molar-refractivity contribution < 1.29 is 0 Å². The molecule has 0 bridgehead atoms. The summed E-state index contributed by atoms with van der Waals surface area (Å²) in [6, 6.07) is 20.7. The first-order chi connectivity index (χ1) is 13.2. The number of hydrogen-bond donors (Lipinski definition) is 1. The fourth-order valence-electron chi connectivity index (χ4n) is 3.15. The van der Waals surface area contributed by atoms with Gasteiger partial charge in [-0.05, 0) is 48.0 Å². The van der Waals surface area contributed by atoms with Gasteiger partial charge in [-0.15, -0.1) is 0 Å². The quantitative estimate of drug-likeness (QED) is 0.610. The Morgan fingerprint density at radius 2 is 1.93 bits per heavy atom. The highest BCUT2D eigenvalue weighted by Gasteiger charge is 2.16. The molecule has 2 aromatic heterocycles. The van der Waals surface area contributed by atoms with Crippen molar-refractivity contribution in [1.29, 1.82) is 5.26 Å². The third-order valence-corrected chi connectivity index (χ3v) is 4.51.